The van der Waals surface area contributed by atoms with Crippen molar-refractivity contribution >= 4 is 76.4 Å². The number of methoxy groups -OCH3 is 1. The van der Waals surface area contributed by atoms with E-state index in [4.69, 9.17) is 51.6 Å². The number of hydrogen-bond acceptors (Lipinski definition) is 25. The lowest BCUT2D eigenvalue weighted by atomic mass is 9.89. The second kappa shape index (κ2) is 37.7. The number of esters is 1. The van der Waals surface area contributed by atoms with Crippen molar-refractivity contribution in [3.05, 3.63) is 164 Å². The number of phenols is 5. The molecule has 14 rings (SSSR count). The van der Waals surface area contributed by atoms with Gasteiger partial charge in [-0.05, 0) is 147 Å². The number of ether oxygens (including phenoxy) is 6. The number of carbonyl (C=O) groups is 9. The van der Waals surface area contributed by atoms with Crippen LogP contribution in [0.3, 0.4) is 0 Å². The number of aromatic hydroxyl groups is 5. The minimum atomic E-state index is -2.35. The highest BCUT2D eigenvalue weighted by atomic mass is 35.5. The third kappa shape index (κ3) is 19.4. The number of aliphatic hydroxyl groups excluding tert-OH is 3. The Bertz CT molecular complexity index is 4980. The summed E-state index contributed by atoms with van der Waals surface area (Å²) in [6.07, 6.45) is -2.32. The summed E-state index contributed by atoms with van der Waals surface area (Å²) in [4.78, 5) is 139. The Hall–Kier alpha value is -11.7. The van der Waals surface area contributed by atoms with Crippen LogP contribution >= 0.6 is 23.2 Å². The molecule has 118 heavy (non-hydrogen) atoms. The molecule has 1 saturated heterocycles. The predicted octanol–water partition coefficient (Wildman–Crippen LogP) is 6.93. The van der Waals surface area contributed by atoms with E-state index in [-0.39, 0.29) is 70.2 Å². The molecule has 0 radical (unpaired) electrons. The smallest absolute Gasteiger partial charge is 0.337 e. The molecule has 7 aliphatic heterocycles. The molecule has 7 aromatic carbocycles. The number of aliphatic hydroxyl groups is 3. The van der Waals surface area contributed by atoms with Crippen molar-refractivity contribution < 1.29 is 112 Å². The average Bonchev–Trinajstić information content (AvgIpc) is 0.768. The van der Waals surface area contributed by atoms with Gasteiger partial charge in [-0.25, -0.2) is 4.79 Å². The van der Waals surface area contributed by atoms with Crippen molar-refractivity contribution in [2.24, 2.45) is 0 Å². The number of likely N-dealkylation sites (N-methyl/N-ethyl adjacent to an activating group) is 1. The lowest BCUT2D eigenvalue weighted by Crippen LogP contribution is -2.66. The Morgan fingerprint density at radius 1 is 0.568 bits per heavy atom. The number of halogens is 2. The van der Waals surface area contributed by atoms with E-state index in [1.807, 2.05) is 4.90 Å². The first kappa shape index (κ1) is 85.7. The largest absolute Gasteiger partial charge is 0.508 e. The van der Waals surface area contributed by atoms with Gasteiger partial charge >= 0.3 is 5.97 Å². The van der Waals surface area contributed by atoms with E-state index in [2.05, 4.69) is 54.8 Å². The standard InChI is InChI=1S/C83H92Cl2N10O23/c1-6-7-8-9-10-11-12-13-14-16-60(101)89-69-71(103)72(104)74(82(112)113-5)118-83(69)117-73-58-33-43-34-59(73)116-56-26-21-42(31-50(56)84)70(102)68-81(111)93-66(76(106)87-27-15-28-95(3)4)48-35-44(96)36-54(99)61(48)47-30-40(19-24-52(47)97)64(78(108)94-68)90-79(109)65(43)91-80(110)67-49-37-46(38-55(100)62(49)85)115-57-32-41(20-25-53(57)98)63(86-2)77(107)88-51(75(105)92-67)29-39-17-22-45(114-58)23-18-39/h17-26,30-38,51,63-72,74,83,86,96-100,102-104H,6-16,27-29H2,1-5H3,(H,87,106)(H,88,107)(H,89,101)(H,90,109)(H,91,110)(H,92,105)(H,93,111)(H,94,108)/t51-,63+,64-,65-,66+,67+,68+,69-,70-,71-,72+,74+,83-/m1/s1. The Kier molecular flexibility index (Phi) is 27.4. The van der Waals surface area contributed by atoms with Crippen molar-refractivity contribution in [1.82, 2.24) is 52.8 Å². The first-order valence-corrected chi connectivity index (χ1v) is 39.3. The molecular formula is C83H92Cl2N10O23. The highest BCUT2D eigenvalue weighted by molar-refractivity contribution is 6.33. The molecule has 1 fully saturated rings. The summed E-state index contributed by atoms with van der Waals surface area (Å²) in [6, 6.07) is 7.31. The Balaban J connectivity index is 1.08. The zero-order valence-corrected chi connectivity index (χ0v) is 66.3. The molecule has 33 nitrogen and oxygen atoms in total. The number of amides is 8. The van der Waals surface area contributed by atoms with Gasteiger partial charge in [0.15, 0.2) is 29.1 Å². The van der Waals surface area contributed by atoms with Crippen LogP contribution in [0.15, 0.2) is 115 Å². The molecular weight excluding hydrogens is 1580 g/mol. The van der Waals surface area contributed by atoms with Crippen LogP contribution in [0.25, 0.3) is 11.1 Å². The zero-order valence-electron chi connectivity index (χ0n) is 64.8. The van der Waals surface area contributed by atoms with Crippen molar-refractivity contribution in [2.75, 3.05) is 41.3 Å². The number of rotatable bonds is 20. The Labute approximate surface area is 687 Å². The number of unbranched alkanes of at least 4 members (excludes halogenated alkanes) is 8. The monoisotopic (exact) mass is 1670 g/mol. The molecule has 7 aliphatic rings. The second-order valence-electron chi connectivity index (χ2n) is 29.6. The molecule has 0 spiro atoms. The summed E-state index contributed by atoms with van der Waals surface area (Å²) < 4.78 is 37.8. The van der Waals surface area contributed by atoms with Gasteiger partial charge in [0.2, 0.25) is 59.3 Å². The van der Waals surface area contributed by atoms with Crippen LogP contribution in [-0.4, -0.2) is 183 Å². The SMILES string of the molecule is CCCCCCCCCCCC(=O)N[C@H]1[C@H](Oc2c3cc4cc2Oc2ccc(cc2Cl)[C@@H](O)[C@@H]2NC(=O)[C@H](NC(=O)[C@@H]4NC(=O)[C@H]4NC(=O)[C@@H](Cc5ccc(cc5)O3)NC(=O)[C@@H](NC)c3ccc(O)c(c3)Oc3cc(O)c(Cl)c4c3)c3ccc(O)c(c3)-c3c(O)cc(O)cc3[C@@H](C(=O)NCCCN(C)C)NC2=O)O[C@H](C(=O)OC)[C@@H](O)[C@@H]1O. The first-order chi connectivity index (χ1) is 56.5. The molecule has 7 aromatic rings. The van der Waals surface area contributed by atoms with Crippen LogP contribution in [0.1, 0.15) is 153 Å². The number of phenolic OH excluding ortho intramolecular Hbond substituents is 5. The number of fused-ring (bicyclic) bond motifs is 14. The topological polar surface area (TPSA) is 482 Å². The van der Waals surface area contributed by atoms with Gasteiger partial charge in [-0.1, -0.05) is 112 Å². The summed E-state index contributed by atoms with van der Waals surface area (Å²) in [7, 11) is 6.04. The van der Waals surface area contributed by atoms with Gasteiger partial charge in [0.1, 0.15) is 107 Å². The molecule has 0 saturated carbocycles. The molecule has 7 heterocycles. The quantitative estimate of drug-likeness (QED) is 0.0272. The van der Waals surface area contributed by atoms with Gasteiger partial charge in [0.25, 0.3) is 0 Å². The first-order valence-electron chi connectivity index (χ1n) is 38.5. The van der Waals surface area contributed by atoms with Gasteiger partial charge < -0.3 is 122 Å². The number of benzene rings is 7. The van der Waals surface area contributed by atoms with E-state index in [0.29, 0.717) is 31.4 Å². The van der Waals surface area contributed by atoms with E-state index in [0.717, 1.165) is 113 Å². The Morgan fingerprint density at radius 3 is 1.90 bits per heavy atom. The van der Waals surface area contributed by atoms with Crippen LogP contribution in [0.2, 0.25) is 10.0 Å². The lowest BCUT2D eigenvalue weighted by Gasteiger charge is -2.41. The molecule has 13 atom stereocenters. The summed E-state index contributed by atoms with van der Waals surface area (Å²) in [5.74, 6) is -16.2. The maximum absolute atomic E-state index is 16.6. The highest BCUT2D eigenvalue weighted by Gasteiger charge is 2.51. The fourth-order valence-corrected chi connectivity index (χ4v) is 15.1. The maximum Gasteiger partial charge on any atom is 0.337 e. The molecule has 626 valence electrons. The molecule has 17 N–H and O–H groups in total. The van der Waals surface area contributed by atoms with E-state index >= 15 is 24.0 Å². The molecule has 0 unspecified atom stereocenters. The summed E-state index contributed by atoms with van der Waals surface area (Å²) in [6.45, 7) is 2.62. The second-order valence-corrected chi connectivity index (χ2v) is 30.4. The zero-order chi connectivity index (χ0) is 84.5. The third-order valence-corrected chi connectivity index (χ3v) is 21.6. The maximum atomic E-state index is 16.6. The van der Waals surface area contributed by atoms with E-state index in [1.165, 1.54) is 61.6 Å². The molecule has 8 amide bonds. The predicted molar refractivity (Wildman–Crippen MR) is 424 cm³/mol. The Morgan fingerprint density at radius 2 is 1.20 bits per heavy atom. The summed E-state index contributed by atoms with van der Waals surface area (Å²) >= 11 is 14.3. The van der Waals surface area contributed by atoms with E-state index in [1.54, 1.807) is 14.1 Å². The number of hydrogen-bond donors (Lipinski definition) is 17. The number of nitrogens with zero attached hydrogens (tertiary/aromatic N) is 1. The molecule has 0 aromatic heterocycles. The molecule has 35 heteroatoms. The van der Waals surface area contributed by atoms with Gasteiger partial charge in [-0.15, -0.1) is 0 Å². The van der Waals surface area contributed by atoms with Gasteiger partial charge in [-0.2, -0.15) is 0 Å². The van der Waals surface area contributed by atoms with E-state index < -0.39 is 205 Å². The van der Waals surface area contributed by atoms with Crippen LogP contribution in [0.4, 0.5) is 0 Å². The van der Waals surface area contributed by atoms with E-state index in [9.17, 15) is 60.0 Å². The fourth-order valence-electron chi connectivity index (χ4n) is 14.7. The average molecular weight is 1670 g/mol. The van der Waals surface area contributed by atoms with Crippen LogP contribution in [0, 0.1) is 0 Å². The van der Waals surface area contributed by atoms with Crippen molar-refractivity contribution in [1.29, 1.82) is 0 Å². The lowest BCUT2D eigenvalue weighted by molar-refractivity contribution is -0.242. The van der Waals surface area contributed by atoms with Crippen molar-refractivity contribution in [3.63, 3.8) is 0 Å². The van der Waals surface area contributed by atoms with Crippen LogP contribution < -0.4 is 66.8 Å². The highest BCUT2D eigenvalue weighted by Crippen LogP contribution is 2.50. The van der Waals surface area contributed by atoms with Gasteiger partial charge in [0.05, 0.1) is 17.2 Å². The minimum Gasteiger partial charge on any atom is -0.508 e. The van der Waals surface area contributed by atoms with Gasteiger partial charge in [0, 0.05) is 48.2 Å². The van der Waals surface area contributed by atoms with Gasteiger partial charge in [-0.3, -0.25) is 38.4 Å². The summed E-state index contributed by atoms with van der Waals surface area (Å²) in [5.41, 5.74) is -1.96. The van der Waals surface area contributed by atoms with Crippen LogP contribution in [-0.2, 0) is 59.0 Å². The number of carbonyl (C=O) groups excluding carboxylic acids is 9. The normalized spacial score (nSPS) is 23.0. The van der Waals surface area contributed by atoms with Crippen LogP contribution in [0.5, 0.6) is 69.0 Å². The number of nitrogens with one attached hydrogen (secondary N) is 9. The van der Waals surface area contributed by atoms with Crippen molar-refractivity contribution in [2.45, 2.75) is 163 Å². The molecule has 17 bridgehead atoms. The summed E-state index contributed by atoms with van der Waals surface area (Å²) in [5, 5.41) is 118. The van der Waals surface area contributed by atoms with Crippen molar-refractivity contribution in [3.8, 4) is 80.1 Å². The molecule has 0 aliphatic carbocycles. The fraction of sp³-hybridized carbons (Fsp3) is 0.386. The minimum absolute atomic E-state index is 0.00573. The third-order valence-electron chi connectivity index (χ3n) is 20.9.